The predicted octanol–water partition coefficient (Wildman–Crippen LogP) is 0.626. The Labute approximate surface area is 96.6 Å². The molecular weight excluding hydrogens is 208 g/mol. The standard InChI is InChI=1S/C11H22N2O3/c1-10(2,3)16-9(15)13-11(8-14)5-4-6-12-7-11/h12,14H,4-8H2,1-3H3,(H,13,15)/t11-/m0/s1. The first kappa shape index (κ1) is 13.3. The molecule has 0 aromatic rings. The number of nitrogens with one attached hydrogen (secondary N) is 2. The zero-order valence-corrected chi connectivity index (χ0v) is 10.3. The summed E-state index contributed by atoms with van der Waals surface area (Å²) in [5, 5.41) is 15.3. The van der Waals surface area contributed by atoms with Gasteiger partial charge in [-0.2, -0.15) is 0 Å². The van der Waals surface area contributed by atoms with Gasteiger partial charge in [-0.1, -0.05) is 0 Å². The van der Waals surface area contributed by atoms with Crippen molar-refractivity contribution in [1.82, 2.24) is 10.6 Å². The molecule has 16 heavy (non-hydrogen) atoms. The van der Waals surface area contributed by atoms with Crippen LogP contribution in [0.25, 0.3) is 0 Å². The van der Waals surface area contributed by atoms with E-state index in [1.54, 1.807) is 0 Å². The fourth-order valence-electron chi connectivity index (χ4n) is 1.77. The Morgan fingerprint density at radius 3 is 2.69 bits per heavy atom. The molecule has 1 atom stereocenters. The highest BCUT2D eigenvalue weighted by molar-refractivity contribution is 5.68. The third-order valence-electron chi connectivity index (χ3n) is 2.54. The van der Waals surface area contributed by atoms with Crippen molar-refractivity contribution in [1.29, 1.82) is 0 Å². The lowest BCUT2D eigenvalue weighted by Crippen LogP contribution is -2.60. The summed E-state index contributed by atoms with van der Waals surface area (Å²) >= 11 is 0. The molecule has 0 aromatic carbocycles. The van der Waals surface area contributed by atoms with Crippen LogP contribution in [0.3, 0.4) is 0 Å². The van der Waals surface area contributed by atoms with Crippen molar-refractivity contribution in [2.75, 3.05) is 19.7 Å². The Balaban J connectivity index is 2.52. The van der Waals surface area contributed by atoms with Crippen molar-refractivity contribution in [2.45, 2.75) is 44.8 Å². The van der Waals surface area contributed by atoms with Crippen molar-refractivity contribution in [3.05, 3.63) is 0 Å². The van der Waals surface area contributed by atoms with Crippen molar-refractivity contribution >= 4 is 6.09 Å². The molecule has 0 bridgehead atoms. The van der Waals surface area contributed by atoms with E-state index in [1.165, 1.54) is 0 Å². The van der Waals surface area contributed by atoms with Crippen LogP contribution >= 0.6 is 0 Å². The van der Waals surface area contributed by atoms with E-state index in [1.807, 2.05) is 20.8 Å². The molecule has 94 valence electrons. The smallest absolute Gasteiger partial charge is 0.408 e. The van der Waals surface area contributed by atoms with Gasteiger partial charge in [-0.05, 0) is 40.2 Å². The van der Waals surface area contributed by atoms with E-state index in [0.29, 0.717) is 6.54 Å². The molecule has 1 saturated heterocycles. The van der Waals surface area contributed by atoms with E-state index in [2.05, 4.69) is 10.6 Å². The molecule has 0 unspecified atom stereocenters. The number of alkyl carbamates (subject to hydrolysis) is 1. The molecule has 3 N–H and O–H groups in total. The molecule has 0 saturated carbocycles. The van der Waals surface area contributed by atoms with Gasteiger partial charge in [-0.25, -0.2) is 4.79 Å². The quantitative estimate of drug-likeness (QED) is 0.650. The maximum absolute atomic E-state index is 11.6. The summed E-state index contributed by atoms with van der Waals surface area (Å²) in [5.74, 6) is 0. The molecule has 5 nitrogen and oxygen atoms in total. The minimum Gasteiger partial charge on any atom is -0.444 e. The molecule has 1 heterocycles. The second-order valence-electron chi connectivity index (χ2n) is 5.35. The Morgan fingerprint density at radius 1 is 1.56 bits per heavy atom. The van der Waals surface area contributed by atoms with Gasteiger partial charge in [0.2, 0.25) is 0 Å². The van der Waals surface area contributed by atoms with Gasteiger partial charge in [-0.15, -0.1) is 0 Å². The highest BCUT2D eigenvalue weighted by Crippen LogP contribution is 2.16. The first-order valence-electron chi connectivity index (χ1n) is 5.70. The number of hydrogen-bond donors (Lipinski definition) is 3. The van der Waals surface area contributed by atoms with Gasteiger partial charge in [-0.3, -0.25) is 0 Å². The van der Waals surface area contributed by atoms with Crippen LogP contribution in [-0.2, 0) is 4.74 Å². The topological polar surface area (TPSA) is 70.6 Å². The summed E-state index contributed by atoms with van der Waals surface area (Å²) in [4.78, 5) is 11.6. The van der Waals surface area contributed by atoms with Crippen molar-refractivity contribution in [2.24, 2.45) is 0 Å². The van der Waals surface area contributed by atoms with Crippen LogP contribution in [0.15, 0.2) is 0 Å². The number of ether oxygens (including phenoxy) is 1. The second-order valence-corrected chi connectivity index (χ2v) is 5.35. The number of carbonyl (C=O) groups excluding carboxylic acids is 1. The van der Waals surface area contributed by atoms with E-state index in [4.69, 9.17) is 4.74 Å². The molecule has 1 rings (SSSR count). The molecule has 1 amide bonds. The van der Waals surface area contributed by atoms with E-state index >= 15 is 0 Å². The predicted molar refractivity (Wildman–Crippen MR) is 61.3 cm³/mol. The molecule has 1 aliphatic heterocycles. The Kier molecular flexibility index (Phi) is 4.15. The van der Waals surface area contributed by atoms with E-state index in [-0.39, 0.29) is 6.61 Å². The number of aliphatic hydroxyl groups excluding tert-OH is 1. The number of carbonyl (C=O) groups is 1. The summed E-state index contributed by atoms with van der Waals surface area (Å²) in [6.45, 7) is 6.89. The fraction of sp³-hybridized carbons (Fsp3) is 0.909. The minimum atomic E-state index is -0.569. The molecule has 0 aliphatic carbocycles. The summed E-state index contributed by atoms with van der Waals surface area (Å²) < 4.78 is 5.18. The average Bonchev–Trinajstić information content (AvgIpc) is 2.16. The van der Waals surface area contributed by atoms with Crippen molar-refractivity contribution in [3.8, 4) is 0 Å². The highest BCUT2D eigenvalue weighted by Gasteiger charge is 2.34. The van der Waals surface area contributed by atoms with Crippen LogP contribution in [0.1, 0.15) is 33.6 Å². The van der Waals surface area contributed by atoms with Gasteiger partial charge in [0.05, 0.1) is 12.1 Å². The van der Waals surface area contributed by atoms with Crippen molar-refractivity contribution < 1.29 is 14.6 Å². The number of rotatable bonds is 2. The number of piperidine rings is 1. The van der Waals surface area contributed by atoms with Gasteiger partial charge >= 0.3 is 6.09 Å². The zero-order valence-electron chi connectivity index (χ0n) is 10.3. The number of hydrogen-bond acceptors (Lipinski definition) is 4. The number of aliphatic hydroxyl groups is 1. The Bertz CT molecular complexity index is 242. The molecule has 0 radical (unpaired) electrons. The summed E-state index contributed by atoms with van der Waals surface area (Å²) in [6, 6.07) is 0. The van der Waals surface area contributed by atoms with E-state index in [0.717, 1.165) is 19.4 Å². The van der Waals surface area contributed by atoms with Gasteiger partial charge in [0, 0.05) is 6.54 Å². The van der Waals surface area contributed by atoms with Gasteiger partial charge in [0.15, 0.2) is 0 Å². The van der Waals surface area contributed by atoms with E-state index < -0.39 is 17.2 Å². The second kappa shape index (κ2) is 5.01. The van der Waals surface area contributed by atoms with Crippen LogP contribution in [0, 0.1) is 0 Å². The lowest BCUT2D eigenvalue weighted by molar-refractivity contribution is 0.0364. The monoisotopic (exact) mass is 230 g/mol. The summed E-state index contributed by atoms with van der Waals surface area (Å²) in [6.07, 6.45) is 1.25. The third kappa shape index (κ3) is 3.98. The van der Waals surface area contributed by atoms with Crippen LogP contribution in [-0.4, -0.2) is 42.0 Å². The van der Waals surface area contributed by atoms with Crippen LogP contribution in [0.5, 0.6) is 0 Å². The number of amides is 1. The SMILES string of the molecule is CC(C)(C)OC(=O)N[C@@]1(CO)CCCNC1. The Morgan fingerprint density at radius 2 is 2.25 bits per heavy atom. The van der Waals surface area contributed by atoms with Gasteiger partial charge < -0.3 is 20.5 Å². The minimum absolute atomic E-state index is 0.0702. The fourth-order valence-corrected chi connectivity index (χ4v) is 1.77. The first-order chi connectivity index (χ1) is 7.37. The molecule has 0 spiro atoms. The van der Waals surface area contributed by atoms with Crippen LogP contribution in [0.2, 0.25) is 0 Å². The largest absolute Gasteiger partial charge is 0.444 e. The first-order valence-corrected chi connectivity index (χ1v) is 5.70. The molecule has 0 aromatic heterocycles. The lowest BCUT2D eigenvalue weighted by Gasteiger charge is -2.37. The lowest BCUT2D eigenvalue weighted by atomic mass is 9.91. The van der Waals surface area contributed by atoms with Crippen molar-refractivity contribution in [3.63, 3.8) is 0 Å². The normalized spacial score (nSPS) is 26.2. The average molecular weight is 230 g/mol. The molecule has 1 aliphatic rings. The maximum atomic E-state index is 11.6. The van der Waals surface area contributed by atoms with Crippen LogP contribution < -0.4 is 10.6 Å². The summed E-state index contributed by atoms with van der Waals surface area (Å²) in [5.41, 5.74) is -1.08. The zero-order chi connectivity index (χ0) is 12.2. The van der Waals surface area contributed by atoms with E-state index in [9.17, 15) is 9.90 Å². The van der Waals surface area contributed by atoms with Crippen LogP contribution in [0.4, 0.5) is 4.79 Å². The summed E-state index contributed by atoms with van der Waals surface area (Å²) in [7, 11) is 0. The highest BCUT2D eigenvalue weighted by atomic mass is 16.6. The molecular formula is C11H22N2O3. The molecule has 5 heteroatoms. The molecule has 1 fully saturated rings. The Hall–Kier alpha value is -0.810. The van der Waals surface area contributed by atoms with Gasteiger partial charge in [0.1, 0.15) is 5.60 Å². The van der Waals surface area contributed by atoms with Gasteiger partial charge in [0.25, 0.3) is 0 Å². The third-order valence-corrected chi connectivity index (χ3v) is 2.54. The maximum Gasteiger partial charge on any atom is 0.408 e.